The van der Waals surface area contributed by atoms with E-state index in [9.17, 15) is 0 Å². The summed E-state index contributed by atoms with van der Waals surface area (Å²) in [6.45, 7) is 3.90. The Balaban J connectivity index is 1.95. The number of rotatable bonds is 2. The van der Waals surface area contributed by atoms with Crippen LogP contribution < -0.4 is 10.9 Å². The van der Waals surface area contributed by atoms with Gasteiger partial charge in [-0.1, -0.05) is 36.7 Å². The van der Waals surface area contributed by atoms with Crippen molar-refractivity contribution in [2.75, 3.05) is 12.0 Å². The third kappa shape index (κ3) is 1.98. The maximum absolute atomic E-state index is 6.23. The van der Waals surface area contributed by atoms with Crippen molar-refractivity contribution in [1.82, 2.24) is 15.2 Å². The molecule has 0 amide bonds. The minimum Gasteiger partial charge on any atom is -0.306 e. The number of nitrogens with one attached hydrogen (secondary N) is 2. The van der Waals surface area contributed by atoms with Crippen LogP contribution in [0.1, 0.15) is 24.1 Å². The Hall–Kier alpha value is -1.52. The third-order valence-corrected chi connectivity index (χ3v) is 3.62. The summed E-state index contributed by atoms with van der Waals surface area (Å²) in [5, 5.41) is 5.42. The van der Waals surface area contributed by atoms with Crippen LogP contribution in [0.15, 0.2) is 30.3 Å². The molecule has 2 N–H and O–H groups in total. The number of nitrogens with zero attached hydrogens (tertiary/aromatic N) is 2. The van der Waals surface area contributed by atoms with E-state index in [1.807, 2.05) is 22.9 Å². The molecule has 1 aliphatic rings. The highest BCUT2D eigenvalue weighted by Crippen LogP contribution is 2.30. The van der Waals surface area contributed by atoms with Gasteiger partial charge in [0, 0.05) is 23.6 Å². The lowest BCUT2D eigenvalue weighted by Crippen LogP contribution is -2.33. The van der Waals surface area contributed by atoms with Gasteiger partial charge in [0.15, 0.2) is 0 Å². The first-order valence-corrected chi connectivity index (χ1v) is 6.44. The highest BCUT2D eigenvalue weighted by Gasteiger charge is 2.18. The molecule has 94 valence electrons. The maximum atomic E-state index is 6.23. The normalized spacial score (nSPS) is 15.9. The molecule has 2 aromatic rings. The molecule has 1 atom stereocenters. The van der Waals surface area contributed by atoms with Gasteiger partial charge < -0.3 is 5.43 Å². The summed E-state index contributed by atoms with van der Waals surface area (Å²) in [7, 11) is 0. The summed E-state index contributed by atoms with van der Waals surface area (Å²) in [5.74, 6) is 1.20. The van der Waals surface area contributed by atoms with Crippen LogP contribution in [0.3, 0.4) is 0 Å². The fourth-order valence-corrected chi connectivity index (χ4v) is 2.52. The van der Waals surface area contributed by atoms with Crippen molar-refractivity contribution in [2.24, 2.45) is 0 Å². The minimum absolute atomic E-state index is 0.193. The fourth-order valence-electron chi connectivity index (χ4n) is 2.22. The minimum atomic E-state index is 0.193. The second-order valence-electron chi connectivity index (χ2n) is 4.47. The number of hydrogen-bond acceptors (Lipinski definition) is 3. The smallest absolute Gasteiger partial charge is 0.138 e. The molecule has 0 saturated carbocycles. The van der Waals surface area contributed by atoms with Crippen molar-refractivity contribution in [1.29, 1.82) is 0 Å². The van der Waals surface area contributed by atoms with E-state index in [1.54, 1.807) is 0 Å². The zero-order valence-corrected chi connectivity index (χ0v) is 10.9. The van der Waals surface area contributed by atoms with Gasteiger partial charge in [-0.15, -0.1) is 0 Å². The number of fused-ring (bicyclic) bond motifs is 1. The number of hydrogen-bond donors (Lipinski definition) is 2. The number of halogens is 1. The van der Waals surface area contributed by atoms with E-state index in [0.29, 0.717) is 0 Å². The lowest BCUT2D eigenvalue weighted by Gasteiger charge is -2.15. The molecule has 1 aromatic heterocycles. The molecule has 4 nitrogen and oxygen atoms in total. The van der Waals surface area contributed by atoms with E-state index in [-0.39, 0.29) is 5.92 Å². The Kier molecular flexibility index (Phi) is 2.97. The number of anilines is 1. The zero-order valence-electron chi connectivity index (χ0n) is 10.2. The van der Waals surface area contributed by atoms with Crippen LogP contribution in [-0.2, 0) is 6.54 Å². The second kappa shape index (κ2) is 4.63. The van der Waals surface area contributed by atoms with E-state index in [0.717, 1.165) is 35.2 Å². The molecule has 2 heterocycles. The molecular weight excluding hydrogens is 248 g/mol. The molecule has 0 aliphatic carbocycles. The molecule has 0 fully saturated rings. The van der Waals surface area contributed by atoms with Gasteiger partial charge in [0.2, 0.25) is 0 Å². The molecular formula is C13H15ClN4. The summed E-state index contributed by atoms with van der Waals surface area (Å²) in [6.07, 6.45) is 0. The average molecular weight is 263 g/mol. The maximum Gasteiger partial charge on any atom is 0.138 e. The van der Waals surface area contributed by atoms with Gasteiger partial charge in [-0.2, -0.15) is 5.10 Å². The lowest BCUT2D eigenvalue weighted by atomic mass is 9.98. The molecule has 0 spiro atoms. The molecule has 3 rings (SSSR count). The molecule has 1 aromatic carbocycles. The first kappa shape index (κ1) is 11.6. The van der Waals surface area contributed by atoms with E-state index >= 15 is 0 Å². The van der Waals surface area contributed by atoms with E-state index < -0.39 is 0 Å². The van der Waals surface area contributed by atoms with Gasteiger partial charge in [0.1, 0.15) is 5.82 Å². The van der Waals surface area contributed by atoms with Crippen molar-refractivity contribution in [3.63, 3.8) is 0 Å². The van der Waals surface area contributed by atoms with E-state index in [2.05, 4.69) is 35.0 Å². The van der Waals surface area contributed by atoms with Gasteiger partial charge in [-0.3, -0.25) is 0 Å². The predicted octanol–water partition coefficient (Wildman–Crippen LogP) is 2.62. The standard InChI is InChI=1S/C13H15ClN4/c1-9(10-4-2-3-5-11(10)14)12-8-13-16-15-6-7-18(13)17-12/h2-5,8-9,15-16H,6-7H2,1H3. The lowest BCUT2D eigenvalue weighted by molar-refractivity contribution is 0.539. The topological polar surface area (TPSA) is 41.9 Å². The van der Waals surface area contributed by atoms with Crippen molar-refractivity contribution < 1.29 is 0 Å². The monoisotopic (exact) mass is 262 g/mol. The van der Waals surface area contributed by atoms with E-state index in [4.69, 9.17) is 11.6 Å². The molecule has 5 heteroatoms. The Bertz CT molecular complexity index is 540. The van der Waals surface area contributed by atoms with Gasteiger partial charge >= 0.3 is 0 Å². The Morgan fingerprint density at radius 1 is 1.39 bits per heavy atom. The van der Waals surface area contributed by atoms with E-state index in [1.165, 1.54) is 0 Å². The van der Waals surface area contributed by atoms with Crippen molar-refractivity contribution in [3.05, 3.63) is 46.6 Å². The van der Waals surface area contributed by atoms with Gasteiger partial charge in [-0.05, 0) is 11.6 Å². The summed E-state index contributed by atoms with van der Waals surface area (Å²) < 4.78 is 1.99. The van der Waals surface area contributed by atoms with Crippen molar-refractivity contribution in [2.45, 2.75) is 19.4 Å². The fraction of sp³-hybridized carbons (Fsp3) is 0.308. The van der Waals surface area contributed by atoms with Gasteiger partial charge in [-0.25, -0.2) is 10.1 Å². The first-order chi connectivity index (χ1) is 8.75. The van der Waals surface area contributed by atoms with Gasteiger partial charge in [0.05, 0.1) is 12.2 Å². The van der Waals surface area contributed by atoms with Crippen LogP contribution >= 0.6 is 11.6 Å². The predicted molar refractivity (Wildman–Crippen MR) is 72.8 cm³/mol. The number of benzene rings is 1. The molecule has 0 bridgehead atoms. The molecule has 0 radical (unpaired) electrons. The van der Waals surface area contributed by atoms with Crippen LogP contribution in [0.2, 0.25) is 5.02 Å². The molecule has 0 saturated heterocycles. The molecule has 1 aliphatic heterocycles. The number of hydrazine groups is 1. The van der Waals surface area contributed by atoms with Crippen LogP contribution in [0, 0.1) is 0 Å². The highest BCUT2D eigenvalue weighted by atomic mass is 35.5. The quantitative estimate of drug-likeness (QED) is 0.874. The summed E-state index contributed by atoms with van der Waals surface area (Å²) >= 11 is 6.23. The van der Waals surface area contributed by atoms with Crippen LogP contribution in [-0.4, -0.2) is 16.3 Å². The summed E-state index contributed by atoms with van der Waals surface area (Å²) in [4.78, 5) is 0. The van der Waals surface area contributed by atoms with Crippen molar-refractivity contribution in [3.8, 4) is 0 Å². The van der Waals surface area contributed by atoms with Crippen LogP contribution in [0.5, 0.6) is 0 Å². The van der Waals surface area contributed by atoms with Crippen molar-refractivity contribution >= 4 is 17.4 Å². The first-order valence-electron chi connectivity index (χ1n) is 6.07. The summed E-state index contributed by atoms with van der Waals surface area (Å²) in [5.41, 5.74) is 8.38. The Morgan fingerprint density at radius 2 is 2.22 bits per heavy atom. The SMILES string of the molecule is CC(c1cc2n(n1)CCNN2)c1ccccc1Cl. The van der Waals surface area contributed by atoms with Crippen LogP contribution in [0.4, 0.5) is 5.82 Å². The molecule has 1 unspecified atom stereocenters. The average Bonchev–Trinajstić information content (AvgIpc) is 2.82. The van der Waals surface area contributed by atoms with Crippen LogP contribution in [0.25, 0.3) is 0 Å². The molecule has 18 heavy (non-hydrogen) atoms. The Morgan fingerprint density at radius 3 is 3.00 bits per heavy atom. The van der Waals surface area contributed by atoms with Gasteiger partial charge in [0.25, 0.3) is 0 Å². The zero-order chi connectivity index (χ0) is 12.5. The number of aromatic nitrogens is 2. The highest BCUT2D eigenvalue weighted by molar-refractivity contribution is 6.31. The largest absolute Gasteiger partial charge is 0.306 e. The summed E-state index contributed by atoms with van der Waals surface area (Å²) in [6, 6.07) is 10.00. The Labute approximate surface area is 111 Å². The second-order valence-corrected chi connectivity index (χ2v) is 4.88. The third-order valence-electron chi connectivity index (χ3n) is 3.28.